The lowest BCUT2D eigenvalue weighted by Gasteiger charge is -2.26. The van der Waals surface area contributed by atoms with Crippen molar-refractivity contribution in [1.29, 1.82) is 0 Å². The van der Waals surface area contributed by atoms with Gasteiger partial charge < -0.3 is 15.3 Å². The van der Waals surface area contributed by atoms with Crippen molar-refractivity contribution in [3.8, 4) is 0 Å². The molecule has 1 aromatic heterocycles. The summed E-state index contributed by atoms with van der Waals surface area (Å²) in [7, 11) is 0. The highest BCUT2D eigenvalue weighted by Gasteiger charge is 2.30. The van der Waals surface area contributed by atoms with Crippen LogP contribution in [0.25, 0.3) is 0 Å². The third-order valence-electron chi connectivity index (χ3n) is 4.90. The average molecular weight is 347 g/mol. The number of rotatable bonds is 9. The number of carboxylic acid groups (broad SMARTS) is 1. The number of hydrogen-bond donors (Lipinski definition) is 2. The smallest absolute Gasteiger partial charge is 0.320 e. The van der Waals surface area contributed by atoms with Gasteiger partial charge in [-0.25, -0.2) is 0 Å². The van der Waals surface area contributed by atoms with E-state index in [0.717, 1.165) is 31.4 Å². The summed E-state index contributed by atoms with van der Waals surface area (Å²) in [6.07, 6.45) is 7.47. The van der Waals surface area contributed by atoms with Crippen molar-refractivity contribution in [2.45, 2.75) is 58.0 Å². The predicted molar refractivity (Wildman–Crippen MR) is 96.0 cm³/mol. The highest BCUT2D eigenvalue weighted by atomic mass is 16.4. The molecule has 1 fully saturated rings. The van der Waals surface area contributed by atoms with Gasteiger partial charge in [0.1, 0.15) is 6.04 Å². The molecule has 6 nitrogen and oxygen atoms in total. The van der Waals surface area contributed by atoms with Gasteiger partial charge in [0.25, 0.3) is 0 Å². The number of likely N-dealkylation sites (tertiary alicyclic amines) is 1. The second-order valence-electron chi connectivity index (χ2n) is 6.88. The summed E-state index contributed by atoms with van der Waals surface area (Å²) < 4.78 is 0. The molecule has 0 radical (unpaired) electrons. The van der Waals surface area contributed by atoms with E-state index in [4.69, 9.17) is 5.11 Å². The molecule has 1 aliphatic rings. The number of carbonyl (C=O) groups excluding carboxylic acids is 1. The Kier molecular flexibility index (Phi) is 7.37. The topological polar surface area (TPSA) is 82.5 Å². The molecule has 1 aliphatic heterocycles. The van der Waals surface area contributed by atoms with Crippen LogP contribution in [0.4, 0.5) is 0 Å². The first-order valence-corrected chi connectivity index (χ1v) is 9.18. The van der Waals surface area contributed by atoms with Crippen molar-refractivity contribution < 1.29 is 14.7 Å². The van der Waals surface area contributed by atoms with Crippen molar-refractivity contribution in [2.75, 3.05) is 13.1 Å². The molecule has 0 aliphatic carbocycles. The fourth-order valence-electron chi connectivity index (χ4n) is 3.41. The number of nitrogens with one attached hydrogen (secondary N) is 1. The van der Waals surface area contributed by atoms with Crippen LogP contribution in [0.2, 0.25) is 0 Å². The molecule has 0 spiro atoms. The predicted octanol–water partition coefficient (Wildman–Crippen LogP) is 2.61. The number of carbonyl (C=O) groups is 2. The first-order valence-electron chi connectivity index (χ1n) is 9.18. The lowest BCUT2D eigenvalue weighted by molar-refractivity contribution is -0.139. The van der Waals surface area contributed by atoms with Crippen LogP contribution < -0.4 is 5.32 Å². The van der Waals surface area contributed by atoms with Gasteiger partial charge in [0.2, 0.25) is 5.91 Å². The minimum absolute atomic E-state index is 0.142. The van der Waals surface area contributed by atoms with Crippen molar-refractivity contribution in [3.63, 3.8) is 0 Å². The molecule has 2 N–H and O–H groups in total. The molecule has 3 atom stereocenters. The SMILES string of the molecule is CC[C@@H](NCCC(C)CC(=O)N1CCC[C@@H]1c1cccnc1)C(=O)O. The molecule has 0 aromatic carbocycles. The van der Waals surface area contributed by atoms with Crippen molar-refractivity contribution in [2.24, 2.45) is 5.92 Å². The fraction of sp³-hybridized carbons (Fsp3) is 0.632. The molecule has 1 saturated heterocycles. The number of amides is 1. The van der Waals surface area contributed by atoms with Crippen molar-refractivity contribution in [1.82, 2.24) is 15.2 Å². The molecule has 0 bridgehead atoms. The Balaban J connectivity index is 1.81. The molecule has 1 amide bonds. The van der Waals surface area contributed by atoms with Gasteiger partial charge in [-0.15, -0.1) is 0 Å². The number of pyridine rings is 1. The van der Waals surface area contributed by atoms with Crippen LogP contribution >= 0.6 is 0 Å². The molecular formula is C19H29N3O3. The number of nitrogens with zero attached hydrogens (tertiary/aromatic N) is 2. The Morgan fingerprint density at radius 3 is 2.92 bits per heavy atom. The van der Waals surface area contributed by atoms with Gasteiger partial charge >= 0.3 is 5.97 Å². The maximum Gasteiger partial charge on any atom is 0.320 e. The molecule has 0 saturated carbocycles. The van der Waals surface area contributed by atoms with E-state index in [1.165, 1.54) is 0 Å². The minimum atomic E-state index is -0.817. The van der Waals surface area contributed by atoms with Gasteiger partial charge in [0, 0.05) is 25.4 Å². The van der Waals surface area contributed by atoms with E-state index in [1.54, 1.807) is 6.20 Å². The van der Waals surface area contributed by atoms with E-state index in [1.807, 2.05) is 30.2 Å². The van der Waals surface area contributed by atoms with Crippen LogP contribution in [0.5, 0.6) is 0 Å². The molecule has 25 heavy (non-hydrogen) atoms. The van der Waals surface area contributed by atoms with Crippen molar-refractivity contribution in [3.05, 3.63) is 30.1 Å². The fourth-order valence-corrected chi connectivity index (χ4v) is 3.41. The second-order valence-corrected chi connectivity index (χ2v) is 6.88. The van der Waals surface area contributed by atoms with Crippen LogP contribution in [0.15, 0.2) is 24.5 Å². The maximum atomic E-state index is 12.7. The molecule has 138 valence electrons. The summed E-state index contributed by atoms with van der Waals surface area (Å²) in [5.41, 5.74) is 1.11. The quantitative estimate of drug-likeness (QED) is 0.717. The summed E-state index contributed by atoms with van der Waals surface area (Å²) in [5.74, 6) is -0.409. The van der Waals surface area contributed by atoms with Gasteiger partial charge in [-0.2, -0.15) is 0 Å². The summed E-state index contributed by atoms with van der Waals surface area (Å²) in [6, 6.07) is 3.59. The molecule has 6 heteroatoms. The first-order chi connectivity index (χ1) is 12.0. The molecular weight excluding hydrogens is 318 g/mol. The third kappa shape index (κ3) is 5.53. The highest BCUT2D eigenvalue weighted by Crippen LogP contribution is 2.32. The Labute approximate surface area is 149 Å². The number of hydrogen-bond acceptors (Lipinski definition) is 4. The van der Waals surface area contributed by atoms with Crippen LogP contribution in [0, 0.1) is 5.92 Å². The molecule has 2 heterocycles. The van der Waals surface area contributed by atoms with E-state index in [2.05, 4.69) is 17.2 Å². The number of carboxylic acids is 1. The minimum Gasteiger partial charge on any atom is -0.480 e. The number of aliphatic carboxylic acids is 1. The van der Waals surface area contributed by atoms with Crippen molar-refractivity contribution >= 4 is 11.9 Å². The molecule has 1 unspecified atom stereocenters. The summed E-state index contributed by atoms with van der Waals surface area (Å²) >= 11 is 0. The zero-order chi connectivity index (χ0) is 18.2. The normalized spacial score (nSPS) is 19.6. The summed E-state index contributed by atoms with van der Waals surface area (Å²) in [6.45, 7) is 5.33. The van der Waals surface area contributed by atoms with Gasteiger partial charge in [-0.05, 0) is 49.8 Å². The average Bonchev–Trinajstić information content (AvgIpc) is 3.09. The standard InChI is InChI=1S/C19H29N3O3/c1-3-16(19(24)25)21-10-8-14(2)12-18(23)22-11-5-7-17(22)15-6-4-9-20-13-15/h4,6,9,13-14,16-17,21H,3,5,7-8,10-12H2,1-2H3,(H,24,25)/t14?,16-,17-/m1/s1. The molecule has 2 rings (SSSR count). The summed E-state index contributed by atoms with van der Waals surface area (Å²) in [4.78, 5) is 29.8. The number of aromatic nitrogens is 1. The van der Waals surface area contributed by atoms with E-state index < -0.39 is 12.0 Å². The van der Waals surface area contributed by atoms with Crippen LogP contribution in [0.1, 0.15) is 57.6 Å². The zero-order valence-corrected chi connectivity index (χ0v) is 15.1. The maximum absolute atomic E-state index is 12.7. The Hall–Kier alpha value is -1.95. The summed E-state index contributed by atoms with van der Waals surface area (Å²) in [5, 5.41) is 12.1. The van der Waals surface area contributed by atoms with E-state index >= 15 is 0 Å². The lowest BCUT2D eigenvalue weighted by Crippen LogP contribution is -2.37. The zero-order valence-electron chi connectivity index (χ0n) is 15.1. The first kappa shape index (κ1) is 19.4. The van der Waals surface area contributed by atoms with Gasteiger partial charge in [0.15, 0.2) is 0 Å². The van der Waals surface area contributed by atoms with E-state index in [0.29, 0.717) is 19.4 Å². The Morgan fingerprint density at radius 1 is 1.48 bits per heavy atom. The van der Waals surface area contributed by atoms with Crippen LogP contribution in [0.3, 0.4) is 0 Å². The van der Waals surface area contributed by atoms with E-state index in [-0.39, 0.29) is 17.9 Å². The van der Waals surface area contributed by atoms with Crippen LogP contribution in [-0.4, -0.2) is 46.0 Å². The van der Waals surface area contributed by atoms with E-state index in [9.17, 15) is 9.59 Å². The third-order valence-corrected chi connectivity index (χ3v) is 4.90. The molecule has 1 aromatic rings. The van der Waals surface area contributed by atoms with Gasteiger partial charge in [-0.1, -0.05) is 19.9 Å². The van der Waals surface area contributed by atoms with Gasteiger partial charge in [-0.3, -0.25) is 14.6 Å². The Morgan fingerprint density at radius 2 is 2.28 bits per heavy atom. The Bertz CT molecular complexity index is 564. The monoisotopic (exact) mass is 347 g/mol. The second kappa shape index (κ2) is 9.51. The van der Waals surface area contributed by atoms with Gasteiger partial charge in [0.05, 0.1) is 6.04 Å². The highest BCUT2D eigenvalue weighted by molar-refractivity contribution is 5.77. The largest absolute Gasteiger partial charge is 0.480 e. The lowest BCUT2D eigenvalue weighted by atomic mass is 10.0. The van der Waals surface area contributed by atoms with Crippen LogP contribution in [-0.2, 0) is 9.59 Å².